The van der Waals surface area contributed by atoms with Crippen molar-refractivity contribution in [2.45, 2.75) is 31.6 Å². The van der Waals surface area contributed by atoms with Crippen LogP contribution < -0.4 is 0 Å². The molecule has 2 aliphatic heterocycles. The number of aromatic nitrogens is 1. The molecule has 0 spiro atoms. The van der Waals surface area contributed by atoms with Crippen molar-refractivity contribution in [3.05, 3.63) is 87.7 Å². The van der Waals surface area contributed by atoms with Crippen LogP contribution in [-0.2, 0) is 0 Å². The van der Waals surface area contributed by atoms with Crippen molar-refractivity contribution in [2.75, 3.05) is 32.7 Å². The third-order valence-electron chi connectivity index (χ3n) is 7.88. The van der Waals surface area contributed by atoms with E-state index in [0.717, 1.165) is 45.6 Å². The average molecular weight is 504 g/mol. The lowest BCUT2D eigenvalue weighted by Crippen LogP contribution is -2.38. The first kappa shape index (κ1) is 23.4. The van der Waals surface area contributed by atoms with Gasteiger partial charge in [-0.15, -0.1) is 0 Å². The molecule has 0 saturated carbocycles. The minimum absolute atomic E-state index is 0.0339. The number of carbonyl (C=O) groups is 1. The fraction of sp³-hybridized carbons (Fsp3) is 0.379. The number of hydrogen-bond donors (Lipinski definition) is 0. The van der Waals surface area contributed by atoms with Crippen molar-refractivity contribution in [1.29, 1.82) is 0 Å². The number of benzene rings is 2. The monoisotopic (exact) mass is 503 g/mol. The summed E-state index contributed by atoms with van der Waals surface area (Å²) in [6, 6.07) is 14.8. The van der Waals surface area contributed by atoms with Crippen molar-refractivity contribution < 1.29 is 13.6 Å². The van der Waals surface area contributed by atoms with Crippen molar-refractivity contribution in [1.82, 2.24) is 14.8 Å². The number of aryl methyl sites for hydroxylation is 1. The summed E-state index contributed by atoms with van der Waals surface area (Å²) in [7, 11) is 0. The Morgan fingerprint density at radius 3 is 2.64 bits per heavy atom. The highest BCUT2D eigenvalue weighted by atomic mass is 32.1. The molecule has 7 heteroatoms. The Hall–Kier alpha value is -3.03. The molecule has 2 aromatic heterocycles. The van der Waals surface area contributed by atoms with Gasteiger partial charge in [-0.2, -0.15) is 11.3 Å². The highest BCUT2D eigenvalue weighted by molar-refractivity contribution is 7.08. The molecule has 4 aromatic rings. The zero-order chi connectivity index (χ0) is 24.6. The number of amides is 1. The smallest absolute Gasteiger partial charge is 0.256 e. The summed E-state index contributed by atoms with van der Waals surface area (Å²) in [6.45, 7) is 6.31. The number of likely N-dealkylation sites (tertiary alicyclic amines) is 2. The molecule has 0 radical (unpaired) electrons. The number of hydrogen-bond acceptors (Lipinski definition) is 5. The Balaban J connectivity index is 1.17. The molecule has 6 rings (SSSR count). The summed E-state index contributed by atoms with van der Waals surface area (Å²) >= 11 is 1.72. The van der Waals surface area contributed by atoms with E-state index in [2.05, 4.69) is 26.7 Å². The van der Waals surface area contributed by atoms with Crippen molar-refractivity contribution >= 4 is 28.3 Å². The molecule has 2 aliphatic rings. The van der Waals surface area contributed by atoms with E-state index in [0.29, 0.717) is 40.3 Å². The predicted molar refractivity (Wildman–Crippen MR) is 140 cm³/mol. The molecule has 186 valence electrons. The van der Waals surface area contributed by atoms with Gasteiger partial charge < -0.3 is 14.2 Å². The molecule has 0 N–H and O–H groups in total. The molecule has 0 bridgehead atoms. The third kappa shape index (κ3) is 4.58. The summed E-state index contributed by atoms with van der Waals surface area (Å²) in [4.78, 5) is 22.7. The maximum Gasteiger partial charge on any atom is 0.256 e. The molecule has 2 unspecified atom stereocenters. The molecule has 2 saturated heterocycles. The molecular formula is C29H30FN3O2S. The SMILES string of the molecule is Cc1nc2c(C(=O)N3CC(CN4CCC(c5ccc(F)cc5)CC4)C(c4ccsc4)C3)cccc2o1. The van der Waals surface area contributed by atoms with E-state index in [-0.39, 0.29) is 11.7 Å². The van der Waals surface area contributed by atoms with Gasteiger partial charge in [0.25, 0.3) is 5.91 Å². The summed E-state index contributed by atoms with van der Waals surface area (Å²) < 4.78 is 19.0. The number of thiophene rings is 1. The van der Waals surface area contributed by atoms with Crippen molar-refractivity contribution in [3.63, 3.8) is 0 Å². The van der Waals surface area contributed by atoms with Crippen LogP contribution in [0.5, 0.6) is 0 Å². The molecule has 36 heavy (non-hydrogen) atoms. The van der Waals surface area contributed by atoms with Gasteiger partial charge in [0.2, 0.25) is 0 Å². The van der Waals surface area contributed by atoms with E-state index in [1.165, 1.54) is 11.1 Å². The third-order valence-corrected chi connectivity index (χ3v) is 8.58. The van der Waals surface area contributed by atoms with Crippen LogP contribution >= 0.6 is 11.3 Å². The minimum atomic E-state index is -0.175. The van der Waals surface area contributed by atoms with Gasteiger partial charge in [-0.05, 0) is 90.0 Å². The van der Waals surface area contributed by atoms with E-state index < -0.39 is 0 Å². The zero-order valence-corrected chi connectivity index (χ0v) is 21.2. The normalized spacial score (nSPS) is 21.4. The maximum atomic E-state index is 13.7. The first-order valence-corrected chi connectivity index (χ1v) is 13.6. The maximum absolute atomic E-state index is 13.7. The van der Waals surface area contributed by atoms with Crippen molar-refractivity contribution in [3.8, 4) is 0 Å². The number of nitrogens with zero attached hydrogens (tertiary/aromatic N) is 3. The highest BCUT2D eigenvalue weighted by Crippen LogP contribution is 2.37. The Kier molecular flexibility index (Phi) is 6.36. The number of piperidine rings is 1. The Bertz CT molecular complexity index is 1340. The molecule has 2 fully saturated rings. The lowest BCUT2D eigenvalue weighted by atomic mass is 9.87. The van der Waals surface area contributed by atoms with Crippen LogP contribution in [0.25, 0.3) is 11.1 Å². The van der Waals surface area contributed by atoms with E-state index in [4.69, 9.17) is 4.42 Å². The molecule has 5 nitrogen and oxygen atoms in total. The highest BCUT2D eigenvalue weighted by Gasteiger charge is 2.38. The first-order valence-electron chi connectivity index (χ1n) is 12.7. The van der Waals surface area contributed by atoms with Crippen LogP contribution in [0.3, 0.4) is 0 Å². The second-order valence-electron chi connectivity index (χ2n) is 10.1. The van der Waals surface area contributed by atoms with Crippen LogP contribution in [0.2, 0.25) is 0 Å². The largest absolute Gasteiger partial charge is 0.441 e. The van der Waals surface area contributed by atoms with E-state index in [1.807, 2.05) is 42.2 Å². The first-order chi connectivity index (χ1) is 17.5. The number of oxazole rings is 1. The summed E-state index contributed by atoms with van der Waals surface area (Å²) in [5.41, 5.74) is 4.50. The molecular weight excluding hydrogens is 473 g/mol. The van der Waals surface area contributed by atoms with Gasteiger partial charge in [0.15, 0.2) is 11.5 Å². The van der Waals surface area contributed by atoms with E-state index in [9.17, 15) is 9.18 Å². The van der Waals surface area contributed by atoms with Gasteiger partial charge in [0, 0.05) is 32.5 Å². The molecule has 4 heterocycles. The van der Waals surface area contributed by atoms with Gasteiger partial charge in [-0.25, -0.2) is 9.37 Å². The van der Waals surface area contributed by atoms with Crippen LogP contribution in [0.1, 0.15) is 52.1 Å². The lowest BCUT2D eigenvalue weighted by molar-refractivity contribution is 0.0783. The van der Waals surface area contributed by atoms with Gasteiger partial charge in [-0.1, -0.05) is 18.2 Å². The minimum Gasteiger partial charge on any atom is -0.441 e. The van der Waals surface area contributed by atoms with Crippen molar-refractivity contribution in [2.24, 2.45) is 5.92 Å². The standard InChI is InChI=1S/C29H30FN3O2S/c1-19-31-28-25(3-2-4-27(28)35-19)29(34)33-16-23(26(17-33)22-11-14-36-18-22)15-32-12-9-21(10-13-32)20-5-7-24(30)8-6-20/h2-8,11,14,18,21,23,26H,9-10,12-13,15-17H2,1H3. The number of rotatable bonds is 5. The Morgan fingerprint density at radius 1 is 1.08 bits per heavy atom. The zero-order valence-electron chi connectivity index (χ0n) is 20.4. The topological polar surface area (TPSA) is 49.6 Å². The molecule has 2 aromatic carbocycles. The van der Waals surface area contributed by atoms with Gasteiger partial charge in [0.1, 0.15) is 11.3 Å². The Morgan fingerprint density at radius 2 is 1.89 bits per heavy atom. The summed E-state index contributed by atoms with van der Waals surface area (Å²) in [5, 5.41) is 4.36. The average Bonchev–Trinajstić information content (AvgIpc) is 3.63. The van der Waals surface area contributed by atoms with Crippen LogP contribution in [0.4, 0.5) is 4.39 Å². The number of halogens is 1. The quantitative estimate of drug-likeness (QED) is 0.332. The van der Waals surface area contributed by atoms with Gasteiger partial charge in [-0.3, -0.25) is 4.79 Å². The second kappa shape index (κ2) is 9.79. The van der Waals surface area contributed by atoms with E-state index >= 15 is 0 Å². The van der Waals surface area contributed by atoms with Crippen LogP contribution in [0, 0.1) is 18.7 Å². The fourth-order valence-electron chi connectivity index (χ4n) is 6.00. The molecule has 1 amide bonds. The van der Waals surface area contributed by atoms with E-state index in [1.54, 1.807) is 23.5 Å². The van der Waals surface area contributed by atoms with Crippen LogP contribution in [0.15, 0.2) is 63.7 Å². The lowest BCUT2D eigenvalue weighted by Gasteiger charge is -2.34. The predicted octanol–water partition coefficient (Wildman–Crippen LogP) is 6.07. The molecule has 2 atom stereocenters. The van der Waals surface area contributed by atoms with Crippen LogP contribution in [-0.4, -0.2) is 53.4 Å². The summed E-state index contributed by atoms with van der Waals surface area (Å²) in [6.07, 6.45) is 2.16. The molecule has 0 aliphatic carbocycles. The number of para-hydroxylation sites is 1. The fourth-order valence-corrected chi connectivity index (χ4v) is 6.73. The second-order valence-corrected chi connectivity index (χ2v) is 10.9. The number of fused-ring (bicyclic) bond motifs is 1. The van der Waals surface area contributed by atoms with Gasteiger partial charge in [0.05, 0.1) is 5.56 Å². The summed E-state index contributed by atoms with van der Waals surface area (Å²) in [5.74, 6) is 1.63. The number of carbonyl (C=O) groups excluding carboxylic acids is 1. The van der Waals surface area contributed by atoms with Gasteiger partial charge >= 0.3 is 0 Å². The Labute approximate surface area is 214 Å².